The molecule has 0 saturated heterocycles. The van der Waals surface area contributed by atoms with E-state index in [4.69, 9.17) is 4.74 Å². The van der Waals surface area contributed by atoms with Gasteiger partial charge in [0.2, 0.25) is 0 Å². The molecule has 0 amide bonds. The second-order valence-electron chi connectivity index (χ2n) is 10.2. The van der Waals surface area contributed by atoms with Crippen molar-refractivity contribution in [3.63, 3.8) is 0 Å². The summed E-state index contributed by atoms with van der Waals surface area (Å²) in [6, 6.07) is 11.7. The maximum atomic E-state index is 14.5. The van der Waals surface area contributed by atoms with E-state index in [0.717, 1.165) is 30.4 Å². The third kappa shape index (κ3) is 10.00. The molecule has 0 aliphatic rings. The van der Waals surface area contributed by atoms with Gasteiger partial charge in [-0.15, -0.1) is 0 Å². The zero-order valence-corrected chi connectivity index (χ0v) is 23.2. The van der Waals surface area contributed by atoms with Crippen molar-refractivity contribution in [2.75, 3.05) is 0 Å². The first-order chi connectivity index (χ1) is 18.6. The second kappa shape index (κ2) is 16.7. The minimum absolute atomic E-state index is 0.209. The molecule has 38 heavy (non-hydrogen) atoms. The maximum absolute atomic E-state index is 14.5. The van der Waals surface area contributed by atoms with Crippen LogP contribution in [0.3, 0.4) is 0 Å². The van der Waals surface area contributed by atoms with Crippen LogP contribution in [0.1, 0.15) is 112 Å². The molecule has 3 aromatic rings. The molecule has 1 heterocycles. The molecule has 0 N–H and O–H groups in total. The Labute approximate surface area is 228 Å². The molecule has 0 spiro atoms. The highest BCUT2D eigenvalue weighted by Gasteiger charge is 2.13. The fraction of sp³-hybridized carbons (Fsp3) is 0.485. The quantitative estimate of drug-likeness (QED) is 0.101. The summed E-state index contributed by atoms with van der Waals surface area (Å²) in [7, 11) is 0. The van der Waals surface area contributed by atoms with Crippen LogP contribution in [0.5, 0.6) is 5.75 Å². The smallest absolute Gasteiger partial charge is 0.343 e. The zero-order valence-electron chi connectivity index (χ0n) is 23.2. The number of carbonyl (C=O) groups excluding carboxylic acids is 1. The number of hydrogen-bond donors (Lipinski definition) is 0. The van der Waals surface area contributed by atoms with Gasteiger partial charge < -0.3 is 4.74 Å². The van der Waals surface area contributed by atoms with Crippen LogP contribution in [0.4, 0.5) is 4.39 Å². The average molecular weight is 519 g/mol. The van der Waals surface area contributed by atoms with Crippen molar-refractivity contribution < 1.29 is 13.9 Å². The number of rotatable bonds is 17. The molecule has 0 unspecified atom stereocenters. The van der Waals surface area contributed by atoms with Crippen LogP contribution in [-0.4, -0.2) is 15.9 Å². The van der Waals surface area contributed by atoms with Crippen molar-refractivity contribution in [2.24, 2.45) is 0 Å². The van der Waals surface area contributed by atoms with Gasteiger partial charge in [-0.25, -0.2) is 19.2 Å². The number of halogens is 1. The second-order valence-corrected chi connectivity index (χ2v) is 10.2. The van der Waals surface area contributed by atoms with E-state index in [1.54, 1.807) is 24.3 Å². The van der Waals surface area contributed by atoms with E-state index >= 15 is 0 Å². The van der Waals surface area contributed by atoms with Crippen LogP contribution >= 0.6 is 0 Å². The molecule has 3 rings (SSSR count). The van der Waals surface area contributed by atoms with E-state index in [0.29, 0.717) is 23.6 Å². The van der Waals surface area contributed by atoms with Gasteiger partial charge in [0, 0.05) is 18.0 Å². The number of hydrogen-bond acceptors (Lipinski definition) is 4. The predicted octanol–water partition coefficient (Wildman–Crippen LogP) is 9.31. The zero-order chi connectivity index (χ0) is 27.0. The summed E-state index contributed by atoms with van der Waals surface area (Å²) in [5.74, 6) is 0.114. The molecule has 1 aromatic heterocycles. The maximum Gasteiger partial charge on any atom is 0.343 e. The van der Waals surface area contributed by atoms with Gasteiger partial charge in [-0.2, -0.15) is 0 Å². The third-order valence-electron chi connectivity index (χ3n) is 6.94. The van der Waals surface area contributed by atoms with Crippen LogP contribution in [0, 0.1) is 5.82 Å². The SMILES string of the molecule is CCCCCCCCCc1cnc(-c2ccc(OC(=O)c3ccc(CCCCCCC)c(F)c3)cc2)nc1. The average Bonchev–Trinajstić information content (AvgIpc) is 2.94. The molecule has 204 valence electrons. The van der Waals surface area contributed by atoms with E-state index in [1.165, 1.54) is 70.3 Å². The number of ether oxygens (including phenoxy) is 1. The number of esters is 1. The Kier molecular flexibility index (Phi) is 13.0. The lowest BCUT2D eigenvalue weighted by atomic mass is 10.0. The first-order valence-electron chi connectivity index (χ1n) is 14.5. The van der Waals surface area contributed by atoms with Crippen molar-refractivity contribution in [3.8, 4) is 17.1 Å². The molecule has 0 radical (unpaired) electrons. The van der Waals surface area contributed by atoms with Gasteiger partial charge in [0.1, 0.15) is 11.6 Å². The highest BCUT2D eigenvalue weighted by molar-refractivity contribution is 5.91. The summed E-state index contributed by atoms with van der Waals surface area (Å²) in [5, 5.41) is 0. The lowest BCUT2D eigenvalue weighted by Crippen LogP contribution is -2.09. The minimum atomic E-state index is -0.572. The standard InChI is InChI=1S/C33H43FN2O2/c1-3-5-7-9-10-12-13-15-26-24-35-32(36-25-26)28-19-21-30(22-20-28)38-33(37)29-18-17-27(31(34)23-29)16-14-11-8-6-4-2/h17-25H,3-16H2,1-2H3. The molecule has 0 aliphatic heterocycles. The van der Waals surface area contributed by atoms with Crippen LogP contribution in [0.2, 0.25) is 0 Å². The predicted molar refractivity (Wildman–Crippen MR) is 153 cm³/mol. The van der Waals surface area contributed by atoms with Crippen LogP contribution in [0.15, 0.2) is 54.9 Å². The number of aryl methyl sites for hydroxylation is 2. The van der Waals surface area contributed by atoms with Crippen molar-refractivity contribution >= 4 is 5.97 Å². The summed E-state index contributed by atoms with van der Waals surface area (Å²) < 4.78 is 20.0. The fourth-order valence-corrected chi connectivity index (χ4v) is 4.55. The van der Waals surface area contributed by atoms with E-state index in [1.807, 2.05) is 24.5 Å². The fourth-order valence-electron chi connectivity index (χ4n) is 4.55. The van der Waals surface area contributed by atoms with Crippen molar-refractivity contribution in [2.45, 2.75) is 104 Å². The van der Waals surface area contributed by atoms with E-state index in [-0.39, 0.29) is 11.4 Å². The molecule has 2 aromatic carbocycles. The molecule has 5 heteroatoms. The molecule has 0 atom stereocenters. The summed E-state index contributed by atoms with van der Waals surface area (Å²) in [6.45, 7) is 4.42. The highest BCUT2D eigenvalue weighted by atomic mass is 19.1. The molecular weight excluding hydrogens is 475 g/mol. The van der Waals surface area contributed by atoms with Crippen molar-refractivity contribution in [1.82, 2.24) is 9.97 Å². The van der Waals surface area contributed by atoms with Gasteiger partial charge in [0.15, 0.2) is 5.82 Å². The Morgan fingerprint density at radius 1 is 0.737 bits per heavy atom. The lowest BCUT2D eigenvalue weighted by Gasteiger charge is -2.08. The van der Waals surface area contributed by atoms with Gasteiger partial charge in [0.05, 0.1) is 5.56 Å². The van der Waals surface area contributed by atoms with E-state index < -0.39 is 5.97 Å². The van der Waals surface area contributed by atoms with Crippen LogP contribution < -0.4 is 4.74 Å². The summed E-state index contributed by atoms with van der Waals surface area (Å²) in [4.78, 5) is 21.6. The van der Waals surface area contributed by atoms with Crippen LogP contribution in [-0.2, 0) is 12.8 Å². The number of nitrogens with zero attached hydrogens (tertiary/aromatic N) is 2. The van der Waals surface area contributed by atoms with E-state index in [2.05, 4.69) is 23.8 Å². The molecule has 0 aliphatic carbocycles. The number of carbonyl (C=O) groups is 1. The Hall–Kier alpha value is -3.08. The number of aromatic nitrogens is 2. The summed E-state index contributed by atoms with van der Waals surface area (Å²) in [6.07, 6.45) is 20.1. The number of benzene rings is 2. The van der Waals surface area contributed by atoms with Gasteiger partial charge in [-0.1, -0.05) is 84.1 Å². The third-order valence-corrected chi connectivity index (χ3v) is 6.94. The Balaban J connectivity index is 1.46. The largest absolute Gasteiger partial charge is 0.423 e. The lowest BCUT2D eigenvalue weighted by molar-refractivity contribution is 0.0734. The van der Waals surface area contributed by atoms with Gasteiger partial charge in [-0.05, 0) is 73.2 Å². The van der Waals surface area contributed by atoms with Crippen LogP contribution in [0.25, 0.3) is 11.4 Å². The van der Waals surface area contributed by atoms with Gasteiger partial charge in [0.25, 0.3) is 0 Å². The van der Waals surface area contributed by atoms with Gasteiger partial charge >= 0.3 is 5.97 Å². The molecular formula is C33H43FN2O2. The number of unbranched alkanes of at least 4 members (excludes halogenated alkanes) is 10. The normalized spacial score (nSPS) is 11.0. The van der Waals surface area contributed by atoms with Crippen molar-refractivity contribution in [1.29, 1.82) is 0 Å². The van der Waals surface area contributed by atoms with Crippen molar-refractivity contribution in [3.05, 3.63) is 77.4 Å². The molecule has 4 nitrogen and oxygen atoms in total. The highest BCUT2D eigenvalue weighted by Crippen LogP contribution is 2.22. The minimum Gasteiger partial charge on any atom is -0.423 e. The Bertz CT molecular complexity index is 1100. The molecule has 0 bridgehead atoms. The molecule has 0 fully saturated rings. The molecule has 0 saturated carbocycles. The summed E-state index contributed by atoms with van der Waals surface area (Å²) >= 11 is 0. The van der Waals surface area contributed by atoms with Gasteiger partial charge in [-0.3, -0.25) is 0 Å². The van der Waals surface area contributed by atoms with E-state index in [9.17, 15) is 9.18 Å². The Morgan fingerprint density at radius 2 is 1.32 bits per heavy atom. The monoisotopic (exact) mass is 518 g/mol. The Morgan fingerprint density at radius 3 is 1.92 bits per heavy atom. The first kappa shape index (κ1) is 29.5. The topological polar surface area (TPSA) is 52.1 Å². The first-order valence-corrected chi connectivity index (χ1v) is 14.5. The summed E-state index contributed by atoms with van der Waals surface area (Å²) in [5.41, 5.74) is 2.86.